The zero-order chi connectivity index (χ0) is 12.4. The molecule has 0 spiro atoms. The predicted molar refractivity (Wildman–Crippen MR) is 66.7 cm³/mol. The van der Waals surface area contributed by atoms with Gasteiger partial charge in [0.1, 0.15) is 11.6 Å². The molecule has 0 atom stereocenters. The fourth-order valence-electron chi connectivity index (χ4n) is 2.12. The van der Waals surface area contributed by atoms with Gasteiger partial charge in [-0.25, -0.2) is 0 Å². The molecule has 0 amide bonds. The summed E-state index contributed by atoms with van der Waals surface area (Å²) in [4.78, 5) is 2.10. The molecule has 0 aromatic carbocycles. The van der Waals surface area contributed by atoms with E-state index in [4.69, 9.17) is 10.2 Å². The molecular formula is C12H18N4O. The molecule has 2 rings (SSSR count). The van der Waals surface area contributed by atoms with E-state index >= 15 is 0 Å². The molecular weight excluding hydrogens is 216 g/mol. The van der Waals surface area contributed by atoms with Crippen LogP contribution in [0.15, 0.2) is 22.8 Å². The van der Waals surface area contributed by atoms with Crippen molar-refractivity contribution in [3.05, 3.63) is 35.4 Å². The van der Waals surface area contributed by atoms with Gasteiger partial charge in [-0.3, -0.25) is 4.68 Å². The van der Waals surface area contributed by atoms with Crippen molar-refractivity contribution in [1.29, 1.82) is 0 Å². The van der Waals surface area contributed by atoms with E-state index < -0.39 is 0 Å². The summed E-state index contributed by atoms with van der Waals surface area (Å²) in [6.45, 7) is 3.18. The predicted octanol–water partition coefficient (Wildman–Crippen LogP) is 1.42. The number of hydrogen-bond donors (Lipinski definition) is 1. The summed E-state index contributed by atoms with van der Waals surface area (Å²) in [5.74, 6) is 1.97. The first-order valence-corrected chi connectivity index (χ1v) is 5.59. The van der Waals surface area contributed by atoms with Crippen LogP contribution in [0.25, 0.3) is 0 Å². The summed E-state index contributed by atoms with van der Waals surface area (Å²) >= 11 is 0. The second-order valence-electron chi connectivity index (χ2n) is 4.15. The number of rotatable bonds is 4. The second-order valence-corrected chi connectivity index (χ2v) is 4.15. The summed E-state index contributed by atoms with van der Waals surface area (Å²) in [6.07, 6.45) is 1.68. The van der Waals surface area contributed by atoms with Gasteiger partial charge in [-0.15, -0.1) is 0 Å². The van der Waals surface area contributed by atoms with E-state index in [0.717, 1.165) is 22.8 Å². The lowest BCUT2D eigenvalue weighted by Crippen LogP contribution is -2.21. The third kappa shape index (κ3) is 2.19. The third-order valence-electron chi connectivity index (χ3n) is 2.85. The van der Waals surface area contributed by atoms with E-state index in [1.54, 1.807) is 6.26 Å². The van der Waals surface area contributed by atoms with Crippen LogP contribution in [-0.2, 0) is 20.1 Å². The maximum absolute atomic E-state index is 5.77. The zero-order valence-electron chi connectivity index (χ0n) is 10.5. The van der Waals surface area contributed by atoms with Crippen molar-refractivity contribution in [3.8, 4) is 0 Å². The molecule has 2 aromatic rings. The summed E-state index contributed by atoms with van der Waals surface area (Å²) in [5.41, 5.74) is 7.84. The van der Waals surface area contributed by atoms with Gasteiger partial charge in [0.15, 0.2) is 0 Å². The highest BCUT2D eigenvalue weighted by molar-refractivity contribution is 5.49. The third-order valence-corrected chi connectivity index (χ3v) is 2.85. The number of anilines is 1. The molecule has 2 heterocycles. The Hall–Kier alpha value is -1.75. The topological polar surface area (TPSA) is 60.2 Å². The molecule has 2 aromatic heterocycles. The average Bonchev–Trinajstić information content (AvgIpc) is 2.85. The van der Waals surface area contributed by atoms with Crippen molar-refractivity contribution >= 4 is 5.82 Å². The average molecular weight is 234 g/mol. The van der Waals surface area contributed by atoms with Gasteiger partial charge in [-0.05, 0) is 19.1 Å². The van der Waals surface area contributed by atoms with Crippen molar-refractivity contribution in [2.24, 2.45) is 12.8 Å². The van der Waals surface area contributed by atoms with Gasteiger partial charge in [0.05, 0.1) is 18.5 Å². The Bertz CT molecular complexity index is 487. The highest BCUT2D eigenvalue weighted by Crippen LogP contribution is 2.23. The smallest absolute Gasteiger partial charge is 0.131 e. The molecule has 0 radical (unpaired) electrons. The molecule has 0 saturated heterocycles. The maximum atomic E-state index is 5.77. The van der Waals surface area contributed by atoms with E-state index in [1.807, 2.05) is 37.8 Å². The fraction of sp³-hybridized carbons (Fsp3) is 0.417. The van der Waals surface area contributed by atoms with Crippen molar-refractivity contribution in [1.82, 2.24) is 9.78 Å². The number of aryl methyl sites for hydroxylation is 2. The van der Waals surface area contributed by atoms with Crippen LogP contribution in [0.3, 0.4) is 0 Å². The van der Waals surface area contributed by atoms with Crippen LogP contribution in [0.5, 0.6) is 0 Å². The number of furan rings is 1. The minimum absolute atomic E-state index is 0.498. The Balaban J connectivity index is 2.27. The molecule has 5 nitrogen and oxygen atoms in total. The lowest BCUT2D eigenvalue weighted by Gasteiger charge is -2.19. The van der Waals surface area contributed by atoms with Crippen LogP contribution in [-0.4, -0.2) is 16.8 Å². The van der Waals surface area contributed by atoms with Crippen molar-refractivity contribution in [2.75, 3.05) is 11.9 Å². The van der Waals surface area contributed by atoms with E-state index in [1.165, 1.54) is 0 Å². The van der Waals surface area contributed by atoms with Gasteiger partial charge in [0.2, 0.25) is 0 Å². The first-order chi connectivity index (χ1) is 8.13. The SMILES string of the molecule is Cc1nn(C)c(N(C)Cc2ccco2)c1CN. The number of nitrogens with two attached hydrogens (primary N) is 1. The molecule has 0 bridgehead atoms. The minimum atomic E-state index is 0.498. The first-order valence-electron chi connectivity index (χ1n) is 5.59. The van der Waals surface area contributed by atoms with Gasteiger partial charge >= 0.3 is 0 Å². The summed E-state index contributed by atoms with van der Waals surface area (Å²) < 4.78 is 7.20. The zero-order valence-corrected chi connectivity index (χ0v) is 10.5. The van der Waals surface area contributed by atoms with Crippen molar-refractivity contribution in [3.63, 3.8) is 0 Å². The molecule has 0 unspecified atom stereocenters. The molecule has 0 fully saturated rings. The fourth-order valence-corrected chi connectivity index (χ4v) is 2.12. The highest BCUT2D eigenvalue weighted by atomic mass is 16.3. The normalized spacial score (nSPS) is 10.8. The van der Waals surface area contributed by atoms with Crippen LogP contribution in [0.4, 0.5) is 5.82 Å². The maximum Gasteiger partial charge on any atom is 0.131 e. The van der Waals surface area contributed by atoms with Gasteiger partial charge in [0.25, 0.3) is 0 Å². The second kappa shape index (κ2) is 4.63. The van der Waals surface area contributed by atoms with Crippen LogP contribution >= 0.6 is 0 Å². The molecule has 0 aliphatic rings. The number of nitrogens with zero attached hydrogens (tertiary/aromatic N) is 3. The Labute approximate surface area is 101 Å². The van der Waals surface area contributed by atoms with Crippen LogP contribution in [0.2, 0.25) is 0 Å². The van der Waals surface area contributed by atoms with E-state index in [0.29, 0.717) is 13.1 Å². The first kappa shape index (κ1) is 11.7. The van der Waals surface area contributed by atoms with Crippen LogP contribution in [0, 0.1) is 6.92 Å². The Morgan fingerprint density at radius 2 is 2.29 bits per heavy atom. The van der Waals surface area contributed by atoms with E-state index in [2.05, 4.69) is 10.00 Å². The molecule has 2 N–H and O–H groups in total. The van der Waals surface area contributed by atoms with Gasteiger partial charge < -0.3 is 15.1 Å². The quantitative estimate of drug-likeness (QED) is 0.869. The highest BCUT2D eigenvalue weighted by Gasteiger charge is 2.16. The Morgan fingerprint density at radius 3 is 2.88 bits per heavy atom. The Morgan fingerprint density at radius 1 is 1.53 bits per heavy atom. The lowest BCUT2D eigenvalue weighted by atomic mass is 10.2. The number of hydrogen-bond acceptors (Lipinski definition) is 4. The number of aromatic nitrogens is 2. The van der Waals surface area contributed by atoms with Crippen LogP contribution < -0.4 is 10.6 Å². The monoisotopic (exact) mass is 234 g/mol. The molecule has 5 heteroatoms. The minimum Gasteiger partial charge on any atom is -0.467 e. The van der Waals surface area contributed by atoms with Crippen molar-refractivity contribution < 1.29 is 4.42 Å². The molecule has 0 aliphatic carbocycles. The Kier molecular flexibility index (Phi) is 3.19. The van der Waals surface area contributed by atoms with Gasteiger partial charge in [-0.2, -0.15) is 5.10 Å². The van der Waals surface area contributed by atoms with Gasteiger partial charge in [-0.1, -0.05) is 0 Å². The molecule has 0 aliphatic heterocycles. The standard InChI is InChI=1S/C12H18N4O/c1-9-11(7-13)12(16(3)14-9)15(2)8-10-5-4-6-17-10/h4-6H,7-8,13H2,1-3H3. The molecule has 17 heavy (non-hydrogen) atoms. The van der Waals surface area contributed by atoms with E-state index in [-0.39, 0.29) is 0 Å². The molecule has 0 saturated carbocycles. The van der Waals surface area contributed by atoms with Crippen LogP contribution in [0.1, 0.15) is 17.0 Å². The summed E-state index contributed by atoms with van der Waals surface area (Å²) in [7, 11) is 3.94. The summed E-state index contributed by atoms with van der Waals surface area (Å²) in [6, 6.07) is 3.85. The van der Waals surface area contributed by atoms with Gasteiger partial charge in [0, 0.05) is 26.2 Å². The summed E-state index contributed by atoms with van der Waals surface area (Å²) in [5, 5.41) is 4.40. The molecule has 92 valence electrons. The largest absolute Gasteiger partial charge is 0.467 e. The van der Waals surface area contributed by atoms with Crippen molar-refractivity contribution in [2.45, 2.75) is 20.0 Å². The lowest BCUT2D eigenvalue weighted by molar-refractivity contribution is 0.505. The van der Waals surface area contributed by atoms with E-state index in [9.17, 15) is 0 Å².